The Balaban J connectivity index is 2.19. The summed E-state index contributed by atoms with van der Waals surface area (Å²) in [6, 6.07) is 6.58. The van der Waals surface area contributed by atoms with Crippen molar-refractivity contribution in [2.75, 3.05) is 0 Å². The van der Waals surface area contributed by atoms with Crippen molar-refractivity contribution >= 4 is 11.6 Å². The Morgan fingerprint density at radius 3 is 2.27 bits per heavy atom. The smallest absolute Gasteiger partial charge is 0.123 e. The third-order valence-corrected chi connectivity index (χ3v) is 4.30. The highest BCUT2D eigenvalue weighted by Crippen LogP contribution is 2.50. The predicted molar refractivity (Wildman–Crippen MR) is 61.6 cm³/mol. The van der Waals surface area contributed by atoms with E-state index in [1.165, 1.54) is 37.8 Å². The van der Waals surface area contributed by atoms with Crippen LogP contribution in [0.1, 0.15) is 43.5 Å². The molecule has 15 heavy (non-hydrogen) atoms. The minimum Gasteiger partial charge on any atom is -0.207 e. The van der Waals surface area contributed by atoms with Crippen LogP contribution < -0.4 is 0 Å². The number of halogens is 2. The van der Waals surface area contributed by atoms with E-state index >= 15 is 0 Å². The van der Waals surface area contributed by atoms with Gasteiger partial charge in [-0.05, 0) is 36.0 Å². The van der Waals surface area contributed by atoms with Crippen LogP contribution in [0.15, 0.2) is 24.3 Å². The molecule has 0 aromatic heterocycles. The van der Waals surface area contributed by atoms with Crippen LogP contribution in [0.5, 0.6) is 0 Å². The molecule has 0 bridgehead atoms. The zero-order valence-electron chi connectivity index (χ0n) is 8.97. The van der Waals surface area contributed by atoms with E-state index < -0.39 is 0 Å². The van der Waals surface area contributed by atoms with Crippen molar-refractivity contribution in [2.45, 2.75) is 38.0 Å². The molecular formula is C13H16ClF. The third kappa shape index (κ3) is 2.17. The predicted octanol–water partition coefficient (Wildman–Crippen LogP) is 4.69. The van der Waals surface area contributed by atoms with Gasteiger partial charge in [0.25, 0.3) is 0 Å². The van der Waals surface area contributed by atoms with E-state index in [9.17, 15) is 4.39 Å². The Morgan fingerprint density at radius 2 is 1.73 bits per heavy atom. The van der Waals surface area contributed by atoms with Gasteiger partial charge in [-0.2, -0.15) is 0 Å². The summed E-state index contributed by atoms with van der Waals surface area (Å²) in [4.78, 5) is 0. The summed E-state index contributed by atoms with van der Waals surface area (Å²) in [5.74, 6) is -0.195. The molecule has 1 fully saturated rings. The SMILES string of the molecule is CC1(C(Cl)c2ccc(F)cc2)CCCC1. The lowest BCUT2D eigenvalue weighted by Crippen LogP contribution is -2.17. The van der Waals surface area contributed by atoms with Crippen LogP contribution >= 0.6 is 11.6 Å². The summed E-state index contributed by atoms with van der Waals surface area (Å²) < 4.78 is 12.8. The van der Waals surface area contributed by atoms with E-state index in [1.54, 1.807) is 12.1 Å². The highest BCUT2D eigenvalue weighted by molar-refractivity contribution is 6.21. The van der Waals surface area contributed by atoms with Gasteiger partial charge in [-0.1, -0.05) is 31.9 Å². The van der Waals surface area contributed by atoms with Crippen LogP contribution in [0.25, 0.3) is 0 Å². The van der Waals surface area contributed by atoms with Gasteiger partial charge in [0.1, 0.15) is 5.82 Å². The average Bonchev–Trinajstić information content (AvgIpc) is 2.67. The largest absolute Gasteiger partial charge is 0.207 e. The molecule has 1 aliphatic rings. The Bertz CT molecular complexity index is 325. The fraction of sp³-hybridized carbons (Fsp3) is 0.538. The van der Waals surface area contributed by atoms with Gasteiger partial charge >= 0.3 is 0 Å². The van der Waals surface area contributed by atoms with Crippen molar-refractivity contribution in [3.05, 3.63) is 35.6 Å². The second-order valence-corrected chi connectivity index (χ2v) is 5.21. The van der Waals surface area contributed by atoms with Gasteiger partial charge in [-0.3, -0.25) is 0 Å². The van der Waals surface area contributed by atoms with Gasteiger partial charge in [0.15, 0.2) is 0 Å². The van der Waals surface area contributed by atoms with Gasteiger partial charge in [0.2, 0.25) is 0 Å². The first-order valence-corrected chi connectivity index (χ1v) is 5.95. The highest BCUT2D eigenvalue weighted by atomic mass is 35.5. The monoisotopic (exact) mass is 226 g/mol. The van der Waals surface area contributed by atoms with E-state index in [0.29, 0.717) is 0 Å². The Morgan fingerprint density at radius 1 is 1.20 bits per heavy atom. The molecule has 1 aromatic rings. The molecule has 0 spiro atoms. The topological polar surface area (TPSA) is 0 Å². The Hall–Kier alpha value is -0.560. The minimum atomic E-state index is -0.195. The molecule has 1 atom stereocenters. The summed E-state index contributed by atoms with van der Waals surface area (Å²) >= 11 is 6.48. The summed E-state index contributed by atoms with van der Waals surface area (Å²) in [6.07, 6.45) is 4.89. The fourth-order valence-corrected chi connectivity index (χ4v) is 2.83. The number of hydrogen-bond acceptors (Lipinski definition) is 0. The van der Waals surface area contributed by atoms with E-state index in [-0.39, 0.29) is 16.6 Å². The highest BCUT2D eigenvalue weighted by Gasteiger charge is 2.36. The first kappa shape index (κ1) is 10.9. The van der Waals surface area contributed by atoms with Crippen LogP contribution in [0.2, 0.25) is 0 Å². The molecule has 0 heterocycles. The van der Waals surface area contributed by atoms with E-state index in [4.69, 9.17) is 11.6 Å². The molecule has 0 radical (unpaired) electrons. The second-order valence-electron chi connectivity index (χ2n) is 4.78. The normalized spacial score (nSPS) is 21.5. The van der Waals surface area contributed by atoms with Gasteiger partial charge in [0.05, 0.1) is 5.38 Å². The molecule has 1 aromatic carbocycles. The summed E-state index contributed by atoms with van der Waals surface area (Å²) in [5, 5.41) is 0.0144. The molecule has 2 heteroatoms. The van der Waals surface area contributed by atoms with Gasteiger partial charge in [-0.15, -0.1) is 11.6 Å². The molecule has 2 rings (SSSR count). The fourth-order valence-electron chi connectivity index (χ4n) is 2.47. The molecule has 0 saturated heterocycles. The Kier molecular flexibility index (Phi) is 3.01. The number of alkyl halides is 1. The van der Waals surface area contributed by atoms with Crippen molar-refractivity contribution in [1.82, 2.24) is 0 Å². The molecule has 82 valence electrons. The van der Waals surface area contributed by atoms with Crippen LogP contribution in [-0.4, -0.2) is 0 Å². The van der Waals surface area contributed by atoms with E-state index in [2.05, 4.69) is 6.92 Å². The van der Waals surface area contributed by atoms with Crippen LogP contribution in [0, 0.1) is 11.2 Å². The summed E-state index contributed by atoms with van der Waals surface area (Å²) in [6.45, 7) is 2.24. The number of rotatable bonds is 2. The molecule has 0 N–H and O–H groups in total. The first-order chi connectivity index (χ1) is 7.12. The zero-order chi connectivity index (χ0) is 10.9. The lowest BCUT2D eigenvalue weighted by atomic mass is 9.81. The Labute approximate surface area is 95.4 Å². The summed E-state index contributed by atoms with van der Waals surface area (Å²) in [5.41, 5.74) is 1.24. The van der Waals surface area contributed by atoms with Crippen LogP contribution in [0.4, 0.5) is 4.39 Å². The van der Waals surface area contributed by atoms with Gasteiger partial charge in [-0.25, -0.2) is 4.39 Å². The molecule has 1 saturated carbocycles. The maximum atomic E-state index is 12.8. The second kappa shape index (κ2) is 4.13. The van der Waals surface area contributed by atoms with Crippen LogP contribution in [0.3, 0.4) is 0 Å². The third-order valence-electron chi connectivity index (χ3n) is 3.52. The average molecular weight is 227 g/mol. The molecular weight excluding hydrogens is 211 g/mol. The van der Waals surface area contributed by atoms with E-state index in [0.717, 1.165) is 5.56 Å². The minimum absolute atomic E-state index is 0.0144. The first-order valence-electron chi connectivity index (χ1n) is 5.51. The van der Waals surface area contributed by atoms with Gasteiger partial charge in [0, 0.05) is 0 Å². The van der Waals surface area contributed by atoms with Crippen molar-refractivity contribution in [3.63, 3.8) is 0 Å². The molecule has 0 aliphatic heterocycles. The molecule has 0 amide bonds. The van der Waals surface area contributed by atoms with Crippen molar-refractivity contribution in [3.8, 4) is 0 Å². The number of hydrogen-bond donors (Lipinski definition) is 0. The lowest BCUT2D eigenvalue weighted by Gasteiger charge is -2.29. The van der Waals surface area contributed by atoms with E-state index in [1.807, 2.05) is 0 Å². The molecule has 0 nitrogen and oxygen atoms in total. The standard InChI is InChI=1S/C13H16ClF/c1-13(8-2-3-9-13)12(14)10-4-6-11(15)7-5-10/h4-7,12H,2-3,8-9H2,1H3. The summed E-state index contributed by atoms with van der Waals surface area (Å²) in [7, 11) is 0. The quantitative estimate of drug-likeness (QED) is 0.642. The van der Waals surface area contributed by atoms with Crippen molar-refractivity contribution < 1.29 is 4.39 Å². The van der Waals surface area contributed by atoms with Gasteiger partial charge < -0.3 is 0 Å². The van der Waals surface area contributed by atoms with Crippen LogP contribution in [-0.2, 0) is 0 Å². The van der Waals surface area contributed by atoms with Crippen molar-refractivity contribution in [2.24, 2.45) is 5.41 Å². The maximum Gasteiger partial charge on any atom is 0.123 e. The lowest BCUT2D eigenvalue weighted by molar-refractivity contribution is 0.321. The maximum absolute atomic E-state index is 12.8. The molecule has 1 unspecified atom stereocenters. The molecule has 1 aliphatic carbocycles. The van der Waals surface area contributed by atoms with Crippen molar-refractivity contribution in [1.29, 1.82) is 0 Å². The number of benzene rings is 1. The zero-order valence-corrected chi connectivity index (χ0v) is 9.73.